The Labute approximate surface area is 105 Å². The summed E-state index contributed by atoms with van der Waals surface area (Å²) in [4.78, 5) is 11.3. The highest BCUT2D eigenvalue weighted by Gasteiger charge is 2.06. The average molecular weight is 259 g/mol. The van der Waals surface area contributed by atoms with E-state index in [4.69, 9.17) is 16.3 Å². The van der Waals surface area contributed by atoms with Gasteiger partial charge in [0.25, 0.3) is 0 Å². The van der Waals surface area contributed by atoms with E-state index in [-0.39, 0.29) is 12.1 Å². The summed E-state index contributed by atoms with van der Waals surface area (Å²) in [5.41, 5.74) is 1.05. The van der Waals surface area contributed by atoms with Gasteiger partial charge in [0, 0.05) is 10.8 Å². The molecule has 0 atom stereocenters. The molecule has 0 aliphatic carbocycles. The van der Waals surface area contributed by atoms with Gasteiger partial charge in [0.05, 0.1) is 11.9 Å². The smallest absolute Gasteiger partial charge is 0.316 e. The number of ether oxygens (including phenoxy) is 1. The summed E-state index contributed by atoms with van der Waals surface area (Å²) in [5.74, 6) is 0.919. The molecular weight excluding hydrogens is 244 g/mol. The zero-order valence-electron chi connectivity index (χ0n) is 9.40. The van der Waals surface area contributed by atoms with Gasteiger partial charge in [0.1, 0.15) is 0 Å². The van der Waals surface area contributed by atoms with Gasteiger partial charge < -0.3 is 4.74 Å². The SMILES string of the molecule is CC(C)OC(=O)CSCc1ccccc1Cl. The van der Waals surface area contributed by atoms with Crippen molar-refractivity contribution in [2.45, 2.75) is 25.7 Å². The van der Waals surface area contributed by atoms with E-state index in [1.54, 1.807) is 0 Å². The molecule has 0 aliphatic heterocycles. The first-order valence-electron chi connectivity index (χ1n) is 5.10. The van der Waals surface area contributed by atoms with Crippen LogP contribution >= 0.6 is 23.4 Å². The van der Waals surface area contributed by atoms with Crippen LogP contribution < -0.4 is 0 Å². The van der Waals surface area contributed by atoms with Gasteiger partial charge in [0.2, 0.25) is 0 Å². The Morgan fingerprint density at radius 2 is 2.12 bits per heavy atom. The van der Waals surface area contributed by atoms with Crippen molar-refractivity contribution in [3.05, 3.63) is 34.9 Å². The first kappa shape index (κ1) is 13.4. The number of benzene rings is 1. The van der Waals surface area contributed by atoms with E-state index in [0.29, 0.717) is 5.75 Å². The average Bonchev–Trinajstić information content (AvgIpc) is 2.19. The molecule has 0 aromatic heterocycles. The van der Waals surface area contributed by atoms with Crippen LogP contribution in [0, 0.1) is 0 Å². The summed E-state index contributed by atoms with van der Waals surface area (Å²) in [6, 6.07) is 7.64. The number of hydrogen-bond acceptors (Lipinski definition) is 3. The fourth-order valence-electron chi connectivity index (χ4n) is 1.16. The van der Waals surface area contributed by atoms with Crippen LogP contribution in [0.25, 0.3) is 0 Å². The summed E-state index contributed by atoms with van der Waals surface area (Å²) in [5, 5.41) is 0.743. The third-order valence-electron chi connectivity index (χ3n) is 1.80. The third kappa shape index (κ3) is 4.90. The maximum atomic E-state index is 11.3. The lowest BCUT2D eigenvalue weighted by Crippen LogP contribution is -2.13. The summed E-state index contributed by atoms with van der Waals surface area (Å²) >= 11 is 7.51. The predicted octanol–water partition coefficient (Wildman–Crippen LogP) is 3.52. The van der Waals surface area contributed by atoms with Crippen molar-refractivity contribution in [1.82, 2.24) is 0 Å². The highest BCUT2D eigenvalue weighted by Crippen LogP contribution is 2.20. The lowest BCUT2D eigenvalue weighted by Gasteiger charge is -2.07. The molecule has 2 nitrogen and oxygen atoms in total. The van der Waals surface area contributed by atoms with Crippen molar-refractivity contribution in [2.75, 3.05) is 5.75 Å². The Morgan fingerprint density at radius 3 is 2.75 bits per heavy atom. The molecule has 0 fully saturated rings. The van der Waals surface area contributed by atoms with Crippen molar-refractivity contribution < 1.29 is 9.53 Å². The van der Waals surface area contributed by atoms with Crippen molar-refractivity contribution in [2.24, 2.45) is 0 Å². The number of rotatable bonds is 5. The van der Waals surface area contributed by atoms with E-state index in [0.717, 1.165) is 16.3 Å². The quantitative estimate of drug-likeness (QED) is 0.756. The van der Waals surface area contributed by atoms with Crippen LogP contribution in [-0.2, 0) is 15.3 Å². The van der Waals surface area contributed by atoms with Crippen molar-refractivity contribution in [3.8, 4) is 0 Å². The van der Waals surface area contributed by atoms with Gasteiger partial charge in [-0.3, -0.25) is 4.79 Å². The van der Waals surface area contributed by atoms with Gasteiger partial charge in [-0.15, -0.1) is 11.8 Å². The normalized spacial score (nSPS) is 10.5. The first-order chi connectivity index (χ1) is 7.59. The van der Waals surface area contributed by atoms with Crippen LogP contribution in [0.15, 0.2) is 24.3 Å². The molecule has 0 bridgehead atoms. The second kappa shape index (κ2) is 6.81. The molecule has 0 radical (unpaired) electrons. The highest BCUT2D eigenvalue weighted by molar-refractivity contribution is 7.99. The maximum Gasteiger partial charge on any atom is 0.316 e. The summed E-state index contributed by atoms with van der Waals surface area (Å²) in [7, 11) is 0. The number of esters is 1. The van der Waals surface area contributed by atoms with Gasteiger partial charge in [-0.2, -0.15) is 0 Å². The molecule has 0 spiro atoms. The highest BCUT2D eigenvalue weighted by atomic mass is 35.5. The molecule has 0 saturated heterocycles. The van der Waals surface area contributed by atoms with Crippen LogP contribution in [0.4, 0.5) is 0 Å². The Hall–Kier alpha value is -0.670. The third-order valence-corrected chi connectivity index (χ3v) is 3.13. The van der Waals surface area contributed by atoms with E-state index < -0.39 is 0 Å². The van der Waals surface area contributed by atoms with Crippen molar-refractivity contribution >= 4 is 29.3 Å². The fraction of sp³-hybridized carbons (Fsp3) is 0.417. The molecular formula is C12H15ClO2S. The zero-order chi connectivity index (χ0) is 12.0. The van der Waals surface area contributed by atoms with Gasteiger partial charge in [0.15, 0.2) is 0 Å². The molecule has 1 aromatic rings. The van der Waals surface area contributed by atoms with Gasteiger partial charge in [-0.25, -0.2) is 0 Å². The van der Waals surface area contributed by atoms with Gasteiger partial charge >= 0.3 is 5.97 Å². The molecule has 0 N–H and O–H groups in total. The second-order valence-corrected chi connectivity index (χ2v) is 5.02. The minimum atomic E-state index is -0.174. The van der Waals surface area contributed by atoms with Crippen molar-refractivity contribution in [1.29, 1.82) is 0 Å². The van der Waals surface area contributed by atoms with E-state index in [1.807, 2.05) is 38.1 Å². The summed E-state index contributed by atoms with van der Waals surface area (Å²) in [6.45, 7) is 3.69. The minimum absolute atomic E-state index is 0.0478. The minimum Gasteiger partial charge on any atom is -0.462 e. The molecule has 0 unspecified atom stereocenters. The predicted molar refractivity (Wildman–Crippen MR) is 68.8 cm³/mol. The Morgan fingerprint density at radius 1 is 1.44 bits per heavy atom. The van der Waals surface area contributed by atoms with E-state index in [2.05, 4.69) is 0 Å². The maximum absolute atomic E-state index is 11.3. The second-order valence-electron chi connectivity index (χ2n) is 3.62. The summed E-state index contributed by atoms with van der Waals surface area (Å²) < 4.78 is 5.03. The molecule has 1 rings (SSSR count). The number of hydrogen-bond donors (Lipinski definition) is 0. The Bertz CT molecular complexity index is 353. The Balaban J connectivity index is 2.31. The molecule has 0 amide bonds. The molecule has 88 valence electrons. The van der Waals surface area contributed by atoms with Crippen molar-refractivity contribution in [3.63, 3.8) is 0 Å². The van der Waals surface area contributed by atoms with E-state index in [9.17, 15) is 4.79 Å². The largest absolute Gasteiger partial charge is 0.462 e. The summed E-state index contributed by atoms with van der Waals surface area (Å²) in [6.07, 6.45) is -0.0478. The van der Waals surface area contributed by atoms with Gasteiger partial charge in [-0.05, 0) is 25.5 Å². The molecule has 0 saturated carbocycles. The monoisotopic (exact) mass is 258 g/mol. The molecule has 4 heteroatoms. The number of carbonyl (C=O) groups excluding carboxylic acids is 1. The van der Waals surface area contributed by atoms with E-state index in [1.165, 1.54) is 11.8 Å². The molecule has 0 aliphatic rings. The van der Waals surface area contributed by atoms with E-state index >= 15 is 0 Å². The first-order valence-corrected chi connectivity index (χ1v) is 6.63. The fourth-order valence-corrected chi connectivity index (χ4v) is 2.25. The number of carbonyl (C=O) groups is 1. The lowest BCUT2D eigenvalue weighted by molar-refractivity contribution is -0.144. The molecule has 16 heavy (non-hydrogen) atoms. The van der Waals surface area contributed by atoms with Crippen LogP contribution in [0.1, 0.15) is 19.4 Å². The zero-order valence-corrected chi connectivity index (χ0v) is 11.0. The van der Waals surface area contributed by atoms with Crippen LogP contribution in [-0.4, -0.2) is 17.8 Å². The molecule has 1 aromatic carbocycles. The molecule has 0 heterocycles. The topological polar surface area (TPSA) is 26.3 Å². The Kier molecular flexibility index (Phi) is 5.71. The van der Waals surface area contributed by atoms with Crippen LogP contribution in [0.2, 0.25) is 5.02 Å². The van der Waals surface area contributed by atoms with Crippen LogP contribution in [0.5, 0.6) is 0 Å². The van der Waals surface area contributed by atoms with Crippen LogP contribution in [0.3, 0.4) is 0 Å². The standard InChI is InChI=1S/C12H15ClO2S/c1-9(2)15-12(14)8-16-7-10-5-3-4-6-11(10)13/h3-6,9H,7-8H2,1-2H3. The number of halogens is 1. The lowest BCUT2D eigenvalue weighted by atomic mass is 10.2. The van der Waals surface area contributed by atoms with Gasteiger partial charge in [-0.1, -0.05) is 29.8 Å². The number of thioether (sulfide) groups is 1.